The number of thiocarbonyl (C=S) groups is 2. The summed E-state index contributed by atoms with van der Waals surface area (Å²) in [5, 5.41) is 23.6. The van der Waals surface area contributed by atoms with E-state index < -0.39 is 20.4 Å². The quantitative estimate of drug-likeness (QED) is 0.250. The normalized spacial score (nSPS) is 8.74. The predicted molar refractivity (Wildman–Crippen MR) is 144 cm³/mol. The lowest BCUT2D eigenvalue weighted by Gasteiger charge is -2.11. The van der Waals surface area contributed by atoms with Crippen molar-refractivity contribution < 1.29 is 24.1 Å². The van der Waals surface area contributed by atoms with Gasteiger partial charge in [0.1, 0.15) is 4.90 Å². The number of aliphatic hydroxyl groups excluding tert-OH is 2. The van der Waals surface area contributed by atoms with Crippen LogP contribution in [-0.2, 0) is 10.0 Å². The molecule has 3 aromatic rings. The third-order valence-corrected chi connectivity index (χ3v) is 4.07. The number of benzene rings is 2. The highest BCUT2D eigenvalue weighted by Crippen LogP contribution is 2.25. The second kappa shape index (κ2) is 18.0. The van der Waals surface area contributed by atoms with E-state index in [1.54, 1.807) is 36.0 Å². The monoisotopic (exact) mass is 527 g/mol. The molecule has 1 heterocycles. The van der Waals surface area contributed by atoms with Crippen molar-refractivity contribution in [1.82, 2.24) is 9.78 Å². The zero-order chi connectivity index (χ0) is 24.7. The highest BCUT2D eigenvalue weighted by Gasteiger charge is 2.17. The van der Waals surface area contributed by atoms with E-state index in [0.29, 0.717) is 5.69 Å². The number of nitrogens with two attached hydrogens (primary N) is 3. The summed E-state index contributed by atoms with van der Waals surface area (Å²) in [6.45, 7) is 1.65. The van der Waals surface area contributed by atoms with Crippen LogP contribution in [0.4, 0.5) is 0 Å². The number of sulfonamides is 1. The van der Waals surface area contributed by atoms with Crippen LogP contribution in [0.3, 0.4) is 0 Å². The second-order valence-electron chi connectivity index (χ2n) is 5.47. The Bertz CT molecular complexity index is 1140. The van der Waals surface area contributed by atoms with Gasteiger partial charge in [-0.1, -0.05) is 49.9 Å². The fraction of sp³-hybridized carbons (Fsp3) is 0.0952. The van der Waals surface area contributed by atoms with E-state index in [1.165, 1.54) is 6.07 Å². The number of para-hydroxylation sites is 1. The molecular weight excluding hydrogens is 498 g/mol. The maximum absolute atomic E-state index is 11.7. The maximum atomic E-state index is 11.7. The van der Waals surface area contributed by atoms with Crippen LogP contribution in [0.1, 0.15) is 14.4 Å². The average Bonchev–Trinajstić information content (AvgIpc) is 3.17. The van der Waals surface area contributed by atoms with Crippen LogP contribution in [0, 0.1) is 12.3 Å². The Morgan fingerprint density at radius 3 is 1.85 bits per heavy atom. The standard InChI is InChI=1S/C15H13N3O2S.C3H4.2CH3NOS.CH4.H2O/c16-21(19,20)15-9-5-4-8-14(15)18-13(10-11-17-18)12-6-2-1-3-7-12;1-3-2;2*2-1(3)4;;/h1-11H,(H2,16,19,20);1H,2H3;2*(H3,2,3,4);1H4;1H2. The molecule has 186 valence electrons. The molecule has 13 heteroatoms. The molecule has 0 aliphatic rings. The number of primary sulfonamides is 1. The minimum atomic E-state index is -3.82. The average molecular weight is 528 g/mol. The molecule has 0 saturated heterocycles. The molecule has 1 aromatic heterocycles. The molecule has 2 aromatic carbocycles. The first-order valence-electron chi connectivity index (χ1n) is 8.51. The Kier molecular flexibility index (Phi) is 18.5. The third kappa shape index (κ3) is 13.8. The summed E-state index contributed by atoms with van der Waals surface area (Å²) in [6.07, 6.45) is 6.22. The number of hydrogen-bond donors (Lipinski definition) is 5. The molecule has 10 nitrogen and oxygen atoms in total. The van der Waals surface area contributed by atoms with Gasteiger partial charge in [0.25, 0.3) is 10.3 Å². The van der Waals surface area contributed by atoms with Crippen molar-refractivity contribution in [3.8, 4) is 29.3 Å². The second-order valence-corrected chi connectivity index (χ2v) is 7.84. The number of hydrogen-bond acceptors (Lipinski definition) is 5. The van der Waals surface area contributed by atoms with Crippen LogP contribution >= 0.6 is 24.4 Å². The molecule has 0 aliphatic heterocycles. The van der Waals surface area contributed by atoms with Crippen LogP contribution in [-0.4, -0.2) is 44.2 Å². The van der Waals surface area contributed by atoms with Crippen LogP contribution < -0.4 is 16.6 Å². The van der Waals surface area contributed by atoms with E-state index in [4.69, 9.17) is 15.4 Å². The van der Waals surface area contributed by atoms with Gasteiger partial charge in [-0.25, -0.2) is 18.2 Å². The largest absolute Gasteiger partial charge is 0.487 e. The molecule has 3 rings (SSSR count). The van der Waals surface area contributed by atoms with Gasteiger partial charge in [0.15, 0.2) is 0 Å². The highest BCUT2D eigenvalue weighted by molar-refractivity contribution is 7.89. The molecule has 0 saturated carbocycles. The van der Waals surface area contributed by atoms with Gasteiger partial charge in [-0.05, 0) is 49.6 Å². The first kappa shape index (κ1) is 35.1. The fourth-order valence-corrected chi connectivity index (χ4v) is 2.91. The lowest BCUT2D eigenvalue weighted by atomic mass is 10.1. The lowest BCUT2D eigenvalue weighted by molar-refractivity contribution is 0.559. The Morgan fingerprint density at radius 1 is 1.00 bits per heavy atom. The molecule has 0 aliphatic carbocycles. The van der Waals surface area contributed by atoms with Crippen molar-refractivity contribution in [2.24, 2.45) is 16.6 Å². The van der Waals surface area contributed by atoms with Crippen LogP contribution in [0.2, 0.25) is 0 Å². The van der Waals surface area contributed by atoms with Crippen LogP contribution in [0.15, 0.2) is 71.8 Å². The van der Waals surface area contributed by atoms with Crippen molar-refractivity contribution in [2.75, 3.05) is 0 Å². The Hall–Kier alpha value is -3.54. The number of rotatable bonds is 3. The van der Waals surface area contributed by atoms with Crippen molar-refractivity contribution >= 4 is 44.8 Å². The SMILES string of the molecule is C.C#CC.NC(O)=S.NC(O)=S.NS(=O)(=O)c1ccccc1-n1nccc1-c1ccccc1.O. The van der Waals surface area contributed by atoms with Gasteiger partial charge in [0.2, 0.25) is 10.0 Å². The Balaban J connectivity index is -0.000000630. The summed E-state index contributed by atoms with van der Waals surface area (Å²) in [6, 6.07) is 18.0. The van der Waals surface area contributed by atoms with Gasteiger partial charge < -0.3 is 27.2 Å². The number of aromatic nitrogens is 2. The van der Waals surface area contributed by atoms with Gasteiger partial charge >= 0.3 is 0 Å². The molecule has 0 atom stereocenters. The summed E-state index contributed by atoms with van der Waals surface area (Å²) in [4.78, 5) is 0.0471. The zero-order valence-corrected chi connectivity index (χ0v) is 19.9. The highest BCUT2D eigenvalue weighted by atomic mass is 32.2. The topological polar surface area (TPSA) is 202 Å². The molecule has 0 unspecified atom stereocenters. The van der Waals surface area contributed by atoms with E-state index in [2.05, 4.69) is 53.3 Å². The molecule has 10 N–H and O–H groups in total. The molecule has 0 bridgehead atoms. The summed E-state index contributed by atoms with van der Waals surface area (Å²) < 4.78 is 25.0. The van der Waals surface area contributed by atoms with Crippen molar-refractivity contribution in [1.29, 1.82) is 0 Å². The zero-order valence-electron chi connectivity index (χ0n) is 17.5. The Labute approximate surface area is 210 Å². The van der Waals surface area contributed by atoms with Gasteiger partial charge in [0, 0.05) is 5.56 Å². The van der Waals surface area contributed by atoms with Crippen LogP contribution in [0.5, 0.6) is 0 Å². The summed E-state index contributed by atoms with van der Waals surface area (Å²) in [7, 11) is -3.82. The number of nitrogens with zero attached hydrogens (tertiary/aromatic N) is 2. The predicted octanol–water partition coefficient (Wildman–Crippen LogP) is 2.21. The number of terminal acetylenes is 1. The first-order valence-corrected chi connectivity index (χ1v) is 10.9. The summed E-state index contributed by atoms with van der Waals surface area (Å²) in [5.74, 6) is 2.25. The number of aliphatic hydroxyl groups is 2. The lowest BCUT2D eigenvalue weighted by Crippen LogP contribution is -2.16. The molecule has 0 radical (unpaired) electrons. The molecule has 0 amide bonds. The molecular formula is C21H29N5O5S3. The van der Waals surface area contributed by atoms with E-state index in [-0.39, 0.29) is 17.8 Å². The van der Waals surface area contributed by atoms with Gasteiger partial charge in [-0.3, -0.25) is 0 Å². The van der Waals surface area contributed by atoms with Gasteiger partial charge in [-0.2, -0.15) is 5.10 Å². The Morgan fingerprint density at radius 2 is 1.41 bits per heavy atom. The van der Waals surface area contributed by atoms with E-state index in [0.717, 1.165) is 11.3 Å². The van der Waals surface area contributed by atoms with Crippen molar-refractivity contribution in [2.45, 2.75) is 19.2 Å². The van der Waals surface area contributed by atoms with Crippen molar-refractivity contribution in [3.05, 3.63) is 66.9 Å². The minimum absolute atomic E-state index is 0. The molecule has 0 fully saturated rings. The van der Waals surface area contributed by atoms with E-state index in [1.807, 2.05) is 36.4 Å². The van der Waals surface area contributed by atoms with E-state index >= 15 is 0 Å². The molecule has 0 spiro atoms. The fourth-order valence-electron chi connectivity index (χ4n) is 2.20. The summed E-state index contributed by atoms with van der Waals surface area (Å²) >= 11 is 7.74. The summed E-state index contributed by atoms with van der Waals surface area (Å²) in [5.41, 5.74) is 11.0. The smallest absolute Gasteiger partial charge is 0.251 e. The van der Waals surface area contributed by atoms with E-state index in [9.17, 15) is 8.42 Å². The van der Waals surface area contributed by atoms with Crippen molar-refractivity contribution in [3.63, 3.8) is 0 Å². The third-order valence-electron chi connectivity index (χ3n) is 3.11. The molecule has 34 heavy (non-hydrogen) atoms. The maximum Gasteiger partial charge on any atom is 0.251 e. The first-order chi connectivity index (χ1) is 14.9. The van der Waals surface area contributed by atoms with Gasteiger partial charge in [-0.15, -0.1) is 12.3 Å². The van der Waals surface area contributed by atoms with Gasteiger partial charge in [0.05, 0.1) is 17.6 Å². The van der Waals surface area contributed by atoms with Crippen LogP contribution in [0.25, 0.3) is 16.9 Å². The minimum Gasteiger partial charge on any atom is -0.487 e.